The number of carbonyl (C=O) groups is 1. The molecule has 2 aromatic carbocycles. The molecule has 22 heavy (non-hydrogen) atoms. The van der Waals surface area contributed by atoms with Gasteiger partial charge in [0.05, 0.1) is 6.54 Å². The molecule has 0 fully saturated rings. The van der Waals surface area contributed by atoms with Crippen molar-refractivity contribution in [2.75, 3.05) is 13.7 Å². The highest BCUT2D eigenvalue weighted by Crippen LogP contribution is 2.19. The van der Waals surface area contributed by atoms with Gasteiger partial charge in [0, 0.05) is 5.56 Å². The lowest BCUT2D eigenvalue weighted by Gasteiger charge is -2.11. The number of alkyl halides is 3. The first-order chi connectivity index (χ1) is 10.4. The average Bonchev–Trinajstić information content (AvgIpc) is 2.49. The van der Waals surface area contributed by atoms with Crippen molar-refractivity contribution in [1.82, 2.24) is 5.32 Å². The second-order valence-corrected chi connectivity index (χ2v) is 4.43. The van der Waals surface area contributed by atoms with Crippen LogP contribution in [-0.4, -0.2) is 31.4 Å². The molecule has 0 aliphatic carbocycles. The van der Waals surface area contributed by atoms with Crippen LogP contribution in [0.2, 0.25) is 0 Å². The molecule has 2 aromatic rings. The van der Waals surface area contributed by atoms with Crippen molar-refractivity contribution in [3.05, 3.63) is 48.0 Å². The molecular weight excluding hydrogens is 297 g/mol. The molecule has 7 heteroatoms. The van der Waals surface area contributed by atoms with Crippen LogP contribution in [0.25, 0.3) is 10.8 Å². The van der Waals surface area contributed by atoms with Crippen LogP contribution in [-0.2, 0) is 4.84 Å². The second kappa shape index (κ2) is 6.46. The number of nitrogens with one attached hydrogen (secondary N) is 1. The quantitative estimate of drug-likeness (QED) is 0.697. The predicted molar refractivity (Wildman–Crippen MR) is 76.8 cm³/mol. The fourth-order valence-corrected chi connectivity index (χ4v) is 1.98. The summed E-state index contributed by atoms with van der Waals surface area (Å²) in [5, 5.41) is 6.61. The molecular formula is C15H13F3N2O2. The van der Waals surface area contributed by atoms with Gasteiger partial charge in [-0.1, -0.05) is 41.6 Å². The number of benzene rings is 2. The molecule has 4 nitrogen and oxygen atoms in total. The van der Waals surface area contributed by atoms with Crippen molar-refractivity contribution >= 4 is 22.4 Å². The van der Waals surface area contributed by atoms with Crippen LogP contribution in [0.4, 0.5) is 13.2 Å². The van der Waals surface area contributed by atoms with Gasteiger partial charge in [-0.2, -0.15) is 13.2 Å². The molecule has 1 amide bonds. The van der Waals surface area contributed by atoms with Gasteiger partial charge in [0.25, 0.3) is 5.91 Å². The molecule has 116 valence electrons. The number of hydrogen-bond donors (Lipinski definition) is 1. The van der Waals surface area contributed by atoms with Crippen LogP contribution in [0.1, 0.15) is 10.4 Å². The third kappa shape index (κ3) is 3.55. The first kappa shape index (κ1) is 15.8. The maximum atomic E-state index is 12.7. The van der Waals surface area contributed by atoms with E-state index < -0.39 is 24.3 Å². The topological polar surface area (TPSA) is 50.7 Å². The standard InChI is InChI=1S/C15H13F3N2O2/c1-22-20-13(15(16,17)18)9-19-14(21)12-8-4-6-10-5-2-3-7-11(10)12/h2-8H,9H2,1H3,(H,19,21)/b20-13-. The summed E-state index contributed by atoms with van der Waals surface area (Å²) in [6.07, 6.45) is -4.66. The summed E-state index contributed by atoms with van der Waals surface area (Å²) in [5.74, 6) is -0.607. The van der Waals surface area contributed by atoms with E-state index in [0.717, 1.165) is 12.5 Å². The molecule has 0 unspecified atom stereocenters. The number of rotatable bonds is 4. The Hall–Kier alpha value is -2.57. The molecule has 0 saturated carbocycles. The Bertz CT molecular complexity index is 706. The minimum atomic E-state index is -4.66. The zero-order valence-corrected chi connectivity index (χ0v) is 11.6. The van der Waals surface area contributed by atoms with E-state index in [9.17, 15) is 18.0 Å². The van der Waals surface area contributed by atoms with E-state index in [-0.39, 0.29) is 0 Å². The third-order valence-corrected chi connectivity index (χ3v) is 2.98. The number of hydrogen-bond acceptors (Lipinski definition) is 3. The summed E-state index contributed by atoms with van der Waals surface area (Å²) >= 11 is 0. The van der Waals surface area contributed by atoms with Crippen molar-refractivity contribution in [3.8, 4) is 0 Å². The summed E-state index contributed by atoms with van der Waals surface area (Å²) < 4.78 is 38.0. The van der Waals surface area contributed by atoms with E-state index in [4.69, 9.17) is 0 Å². The molecule has 0 aliphatic rings. The van der Waals surface area contributed by atoms with E-state index in [1.807, 2.05) is 18.2 Å². The van der Waals surface area contributed by atoms with Gasteiger partial charge in [-0.05, 0) is 16.8 Å². The van der Waals surface area contributed by atoms with Gasteiger partial charge in [0.2, 0.25) is 0 Å². The number of fused-ring (bicyclic) bond motifs is 1. The lowest BCUT2D eigenvalue weighted by molar-refractivity contribution is -0.0627. The van der Waals surface area contributed by atoms with E-state index in [0.29, 0.717) is 10.9 Å². The Kier molecular flexibility index (Phi) is 4.65. The number of oxime groups is 1. The van der Waals surface area contributed by atoms with Gasteiger partial charge in [-0.15, -0.1) is 0 Å². The molecule has 0 bridgehead atoms. The van der Waals surface area contributed by atoms with Crippen LogP contribution in [0.5, 0.6) is 0 Å². The van der Waals surface area contributed by atoms with Gasteiger partial charge >= 0.3 is 6.18 Å². The second-order valence-electron chi connectivity index (χ2n) is 4.43. The van der Waals surface area contributed by atoms with Gasteiger partial charge in [0.15, 0.2) is 5.71 Å². The van der Waals surface area contributed by atoms with Crippen LogP contribution in [0.15, 0.2) is 47.6 Å². The molecule has 0 aliphatic heterocycles. The Labute approximate surface area is 124 Å². The van der Waals surface area contributed by atoms with Gasteiger partial charge in [-0.25, -0.2) is 0 Å². The zero-order chi connectivity index (χ0) is 16.2. The Morgan fingerprint density at radius 1 is 1.18 bits per heavy atom. The predicted octanol–water partition coefficient (Wildman–Crippen LogP) is 3.13. The maximum Gasteiger partial charge on any atom is 0.434 e. The van der Waals surface area contributed by atoms with Crippen LogP contribution < -0.4 is 5.32 Å². The van der Waals surface area contributed by atoms with E-state index in [1.165, 1.54) is 0 Å². The molecule has 2 rings (SSSR count). The molecule has 0 spiro atoms. The molecule has 0 atom stereocenters. The Morgan fingerprint density at radius 3 is 2.55 bits per heavy atom. The minimum absolute atomic E-state index is 0.303. The normalized spacial score (nSPS) is 12.3. The van der Waals surface area contributed by atoms with E-state index in [2.05, 4.69) is 15.3 Å². The largest absolute Gasteiger partial charge is 0.434 e. The zero-order valence-electron chi connectivity index (χ0n) is 11.6. The first-order valence-electron chi connectivity index (χ1n) is 6.36. The average molecular weight is 310 g/mol. The molecule has 0 aromatic heterocycles. The van der Waals surface area contributed by atoms with Gasteiger partial charge in [-0.3, -0.25) is 4.79 Å². The summed E-state index contributed by atoms with van der Waals surface area (Å²) in [4.78, 5) is 16.3. The smallest absolute Gasteiger partial charge is 0.399 e. The highest BCUT2D eigenvalue weighted by molar-refractivity contribution is 6.08. The van der Waals surface area contributed by atoms with Crippen molar-refractivity contribution in [3.63, 3.8) is 0 Å². The molecule has 1 N–H and O–H groups in total. The number of nitrogens with zero attached hydrogens (tertiary/aromatic N) is 1. The highest BCUT2D eigenvalue weighted by atomic mass is 19.4. The summed E-state index contributed by atoms with van der Waals surface area (Å²) in [5.41, 5.74) is -0.902. The number of amides is 1. The molecule has 0 heterocycles. The molecule has 0 radical (unpaired) electrons. The Morgan fingerprint density at radius 2 is 1.86 bits per heavy atom. The lowest BCUT2D eigenvalue weighted by atomic mass is 10.0. The van der Waals surface area contributed by atoms with Crippen molar-refractivity contribution in [1.29, 1.82) is 0 Å². The van der Waals surface area contributed by atoms with Gasteiger partial charge < -0.3 is 10.2 Å². The van der Waals surface area contributed by atoms with E-state index >= 15 is 0 Å². The maximum absolute atomic E-state index is 12.7. The monoisotopic (exact) mass is 310 g/mol. The fourth-order valence-electron chi connectivity index (χ4n) is 1.98. The van der Waals surface area contributed by atoms with Gasteiger partial charge in [0.1, 0.15) is 7.11 Å². The number of halogens is 3. The fraction of sp³-hybridized carbons (Fsp3) is 0.200. The van der Waals surface area contributed by atoms with Crippen molar-refractivity contribution in [2.45, 2.75) is 6.18 Å². The minimum Gasteiger partial charge on any atom is -0.399 e. The summed E-state index contributed by atoms with van der Waals surface area (Å²) in [6.45, 7) is -0.764. The van der Waals surface area contributed by atoms with Crippen LogP contribution in [0.3, 0.4) is 0 Å². The van der Waals surface area contributed by atoms with Crippen molar-refractivity contribution in [2.24, 2.45) is 5.16 Å². The number of carbonyl (C=O) groups excluding carboxylic acids is 1. The Balaban J connectivity index is 2.20. The van der Waals surface area contributed by atoms with E-state index in [1.54, 1.807) is 24.3 Å². The lowest BCUT2D eigenvalue weighted by Crippen LogP contribution is -2.37. The first-order valence-corrected chi connectivity index (χ1v) is 6.36. The van der Waals surface area contributed by atoms with Crippen molar-refractivity contribution < 1.29 is 22.8 Å². The SMILES string of the molecule is CO/N=C(/CNC(=O)c1cccc2ccccc12)C(F)(F)F. The van der Waals surface area contributed by atoms with Crippen LogP contribution >= 0.6 is 0 Å². The summed E-state index contributed by atoms with van der Waals surface area (Å²) in [6, 6.07) is 12.2. The third-order valence-electron chi connectivity index (χ3n) is 2.98. The highest BCUT2D eigenvalue weighted by Gasteiger charge is 2.36. The van der Waals surface area contributed by atoms with Crippen LogP contribution in [0, 0.1) is 0 Å². The molecule has 0 saturated heterocycles. The summed E-state index contributed by atoms with van der Waals surface area (Å²) in [7, 11) is 1.01.